The van der Waals surface area contributed by atoms with Crippen molar-refractivity contribution in [3.05, 3.63) is 0 Å². The molecule has 66 valence electrons. The molecule has 1 heterocycles. The Morgan fingerprint density at radius 1 is 1.45 bits per heavy atom. The predicted octanol–water partition coefficient (Wildman–Crippen LogP) is -2.19. The summed E-state index contributed by atoms with van der Waals surface area (Å²) in [6.45, 7) is 0.835. The highest BCUT2D eigenvalue weighted by Crippen LogP contribution is 2.29. The second-order valence-electron chi connectivity index (χ2n) is 2.76. The van der Waals surface area contributed by atoms with Crippen molar-refractivity contribution in [3.8, 4) is 0 Å². The smallest absolute Gasteiger partial charge is 0.184 e. The van der Waals surface area contributed by atoms with Crippen molar-refractivity contribution in [2.24, 2.45) is 0 Å². The molecule has 0 amide bonds. The van der Waals surface area contributed by atoms with Gasteiger partial charge in [0, 0.05) is 0 Å². The lowest BCUT2D eigenvalue weighted by atomic mass is 9.95. The molecule has 0 aromatic carbocycles. The summed E-state index contributed by atoms with van der Waals surface area (Å²) in [5, 5.41) is 36.1. The highest BCUT2D eigenvalue weighted by atomic mass is 16.6. The molecule has 1 fully saturated rings. The van der Waals surface area contributed by atoms with E-state index in [1.165, 1.54) is 6.92 Å². The molecule has 1 aliphatic rings. The second-order valence-corrected chi connectivity index (χ2v) is 2.76. The van der Waals surface area contributed by atoms with Crippen molar-refractivity contribution < 1.29 is 25.2 Å². The molecule has 0 aromatic rings. The van der Waals surface area contributed by atoms with E-state index in [1.54, 1.807) is 0 Å². The zero-order chi connectivity index (χ0) is 8.65. The Balaban J connectivity index is 2.78. The Bertz CT molecular complexity index is 150. The number of hydrogen-bond acceptors (Lipinski definition) is 5. The molecular weight excluding hydrogens is 152 g/mol. The summed E-state index contributed by atoms with van der Waals surface area (Å²) in [5.74, 6) is 0. The summed E-state index contributed by atoms with van der Waals surface area (Å²) < 4.78 is 4.68. The molecule has 4 N–H and O–H groups in total. The van der Waals surface area contributed by atoms with E-state index in [9.17, 15) is 5.11 Å². The topological polar surface area (TPSA) is 90.2 Å². The predicted molar refractivity (Wildman–Crippen MR) is 34.6 cm³/mol. The molecule has 0 aromatic heterocycles. The minimum Gasteiger partial charge on any atom is -0.393 e. The van der Waals surface area contributed by atoms with Gasteiger partial charge in [0.2, 0.25) is 0 Å². The highest BCUT2D eigenvalue weighted by Gasteiger charge is 2.52. The first-order valence-corrected chi connectivity index (χ1v) is 3.37. The molecule has 1 saturated heterocycles. The molecule has 1 unspecified atom stereocenters. The van der Waals surface area contributed by atoms with E-state index < -0.39 is 30.7 Å². The Morgan fingerprint density at radius 2 is 2.00 bits per heavy atom. The maximum absolute atomic E-state index is 9.42. The van der Waals surface area contributed by atoms with Crippen LogP contribution < -0.4 is 0 Å². The first kappa shape index (κ1) is 8.89. The fourth-order valence-corrected chi connectivity index (χ4v) is 1.11. The van der Waals surface area contributed by atoms with Crippen LogP contribution in [0.3, 0.4) is 0 Å². The van der Waals surface area contributed by atoms with Crippen LogP contribution in [-0.4, -0.2) is 51.1 Å². The SMILES string of the molecule is C[C@@H]1OC(O)[C@H](O)[C@@]1(O)CO. The Labute approximate surface area is 63.8 Å². The van der Waals surface area contributed by atoms with Gasteiger partial charge in [0.05, 0.1) is 12.7 Å². The fourth-order valence-electron chi connectivity index (χ4n) is 1.11. The first-order valence-electron chi connectivity index (χ1n) is 3.37. The van der Waals surface area contributed by atoms with Gasteiger partial charge >= 0.3 is 0 Å². The summed E-state index contributed by atoms with van der Waals surface area (Å²) >= 11 is 0. The van der Waals surface area contributed by atoms with E-state index in [0.717, 1.165) is 0 Å². The van der Waals surface area contributed by atoms with Crippen LogP contribution in [0.5, 0.6) is 0 Å². The van der Waals surface area contributed by atoms with E-state index >= 15 is 0 Å². The van der Waals surface area contributed by atoms with Gasteiger partial charge in [-0.1, -0.05) is 0 Å². The number of hydrogen-bond donors (Lipinski definition) is 4. The van der Waals surface area contributed by atoms with Gasteiger partial charge in [-0.05, 0) is 6.92 Å². The third kappa shape index (κ3) is 1.15. The van der Waals surface area contributed by atoms with Crippen LogP contribution in [0.4, 0.5) is 0 Å². The van der Waals surface area contributed by atoms with Crippen LogP contribution in [0.25, 0.3) is 0 Å². The minimum atomic E-state index is -1.74. The monoisotopic (exact) mass is 164 g/mol. The van der Waals surface area contributed by atoms with Crippen molar-refractivity contribution in [3.63, 3.8) is 0 Å². The van der Waals surface area contributed by atoms with Crippen LogP contribution in [0, 0.1) is 0 Å². The van der Waals surface area contributed by atoms with Crippen LogP contribution in [0.2, 0.25) is 0 Å². The average molecular weight is 164 g/mol. The molecule has 4 atom stereocenters. The lowest BCUT2D eigenvalue weighted by Gasteiger charge is -2.25. The number of aliphatic hydroxyl groups excluding tert-OH is 3. The summed E-state index contributed by atoms with van der Waals surface area (Å²) in [5.41, 5.74) is -1.74. The lowest BCUT2D eigenvalue weighted by Crippen LogP contribution is -2.50. The molecule has 0 radical (unpaired) electrons. The molecule has 0 spiro atoms. The van der Waals surface area contributed by atoms with E-state index in [-0.39, 0.29) is 0 Å². The summed E-state index contributed by atoms with van der Waals surface area (Å²) in [6.07, 6.45) is -3.62. The Morgan fingerprint density at radius 3 is 2.18 bits per heavy atom. The number of aliphatic hydroxyl groups is 4. The van der Waals surface area contributed by atoms with Gasteiger partial charge in [-0.2, -0.15) is 0 Å². The Kier molecular flexibility index (Phi) is 2.17. The third-order valence-corrected chi connectivity index (χ3v) is 2.08. The largest absolute Gasteiger partial charge is 0.393 e. The van der Waals surface area contributed by atoms with Gasteiger partial charge in [-0.25, -0.2) is 0 Å². The molecule has 5 nitrogen and oxygen atoms in total. The Hall–Kier alpha value is -0.200. The van der Waals surface area contributed by atoms with E-state index in [0.29, 0.717) is 0 Å². The zero-order valence-corrected chi connectivity index (χ0v) is 6.14. The van der Waals surface area contributed by atoms with E-state index in [2.05, 4.69) is 4.74 Å². The van der Waals surface area contributed by atoms with Crippen molar-refractivity contribution in [2.45, 2.75) is 31.0 Å². The number of rotatable bonds is 1. The maximum atomic E-state index is 9.42. The van der Waals surface area contributed by atoms with Gasteiger partial charge in [-0.3, -0.25) is 0 Å². The molecule has 1 aliphatic heterocycles. The maximum Gasteiger partial charge on any atom is 0.184 e. The highest BCUT2D eigenvalue weighted by molar-refractivity contribution is 4.98. The van der Waals surface area contributed by atoms with Crippen LogP contribution in [-0.2, 0) is 4.74 Å². The molecule has 0 saturated carbocycles. The number of ether oxygens (including phenoxy) is 1. The minimum absolute atomic E-state index is 0.633. The zero-order valence-electron chi connectivity index (χ0n) is 6.14. The fraction of sp³-hybridized carbons (Fsp3) is 1.00. The molecule has 0 bridgehead atoms. The summed E-state index contributed by atoms with van der Waals surface area (Å²) in [4.78, 5) is 0. The average Bonchev–Trinajstić information content (AvgIpc) is 2.16. The standard InChI is InChI=1S/C6H12O5/c1-3-6(10,2-7)4(8)5(9)11-3/h3-5,7-10H,2H2,1H3/t3-,4-,5?,6+/m0/s1. The normalized spacial score (nSPS) is 51.5. The molecule has 1 rings (SSSR count). The van der Waals surface area contributed by atoms with Crippen molar-refractivity contribution in [2.75, 3.05) is 6.61 Å². The van der Waals surface area contributed by atoms with Crippen molar-refractivity contribution in [1.29, 1.82) is 0 Å². The van der Waals surface area contributed by atoms with Gasteiger partial charge in [0.1, 0.15) is 11.7 Å². The quantitative estimate of drug-likeness (QED) is 0.353. The van der Waals surface area contributed by atoms with Crippen LogP contribution >= 0.6 is 0 Å². The molecule has 11 heavy (non-hydrogen) atoms. The van der Waals surface area contributed by atoms with Crippen LogP contribution in [0.15, 0.2) is 0 Å². The van der Waals surface area contributed by atoms with E-state index in [4.69, 9.17) is 15.3 Å². The lowest BCUT2D eigenvalue weighted by molar-refractivity contribution is -0.129. The first-order chi connectivity index (χ1) is 5.02. The van der Waals surface area contributed by atoms with Gasteiger partial charge < -0.3 is 25.2 Å². The van der Waals surface area contributed by atoms with E-state index in [1.807, 2.05) is 0 Å². The van der Waals surface area contributed by atoms with Crippen molar-refractivity contribution >= 4 is 0 Å². The van der Waals surface area contributed by atoms with Gasteiger partial charge in [0.25, 0.3) is 0 Å². The van der Waals surface area contributed by atoms with Gasteiger partial charge in [-0.15, -0.1) is 0 Å². The summed E-state index contributed by atoms with van der Waals surface area (Å²) in [6, 6.07) is 0. The van der Waals surface area contributed by atoms with Gasteiger partial charge in [0.15, 0.2) is 6.29 Å². The van der Waals surface area contributed by atoms with Crippen molar-refractivity contribution in [1.82, 2.24) is 0 Å². The molecule has 5 heteroatoms. The third-order valence-electron chi connectivity index (χ3n) is 2.08. The molecular formula is C6H12O5. The second kappa shape index (κ2) is 2.69. The molecule has 0 aliphatic carbocycles. The van der Waals surface area contributed by atoms with Crippen LogP contribution in [0.1, 0.15) is 6.92 Å². The summed E-state index contributed by atoms with van der Waals surface area (Å²) in [7, 11) is 0.